The quantitative estimate of drug-likeness (QED) is 0.267. The number of amides is 1. The fraction of sp³-hybridized carbons (Fsp3) is 0.975. The van der Waals surface area contributed by atoms with Crippen molar-refractivity contribution in [1.29, 1.82) is 0 Å². The summed E-state index contributed by atoms with van der Waals surface area (Å²) in [6.45, 7) is 23.7. The Morgan fingerprint density at radius 2 is 1.62 bits per heavy atom. The summed E-state index contributed by atoms with van der Waals surface area (Å²) in [5.41, 5.74) is -3.07. The number of fused-ring (bicyclic) bond motifs is 2. The van der Waals surface area contributed by atoms with Crippen LogP contribution >= 0.6 is 0 Å². The van der Waals surface area contributed by atoms with Gasteiger partial charge >= 0.3 is 0 Å². The fourth-order valence-corrected chi connectivity index (χ4v) is 9.80. The first-order valence-electron chi connectivity index (χ1n) is 20.0. The van der Waals surface area contributed by atoms with Crippen molar-refractivity contribution in [2.24, 2.45) is 23.7 Å². The number of likely N-dealkylation sites (N-methyl/N-ethyl adjacent to an activating group) is 1. The number of aliphatic hydroxyl groups is 3. The van der Waals surface area contributed by atoms with Crippen LogP contribution in [-0.2, 0) is 33.2 Å². The number of nitrogens with one attached hydrogen (secondary N) is 1. The molecular weight excluding hydrogens is 668 g/mol. The average molecular weight is 743 g/mol. The number of aliphatic hydroxyl groups excluding tert-OH is 2. The van der Waals surface area contributed by atoms with Crippen LogP contribution in [0.2, 0.25) is 0 Å². The normalized spacial score (nSPS) is 49.7. The van der Waals surface area contributed by atoms with Crippen molar-refractivity contribution in [2.75, 3.05) is 14.2 Å². The average Bonchev–Trinajstić information content (AvgIpc) is 3.38. The second-order valence-electron chi connectivity index (χ2n) is 18.1. The zero-order valence-corrected chi connectivity index (χ0v) is 34.6. The Bertz CT molecular complexity index is 1180. The molecule has 12 nitrogen and oxygen atoms in total. The van der Waals surface area contributed by atoms with Crippen molar-refractivity contribution < 1.29 is 48.5 Å². The Morgan fingerprint density at radius 1 is 0.962 bits per heavy atom. The molecule has 0 spiro atoms. The van der Waals surface area contributed by atoms with Crippen molar-refractivity contribution in [1.82, 2.24) is 10.2 Å². The first-order chi connectivity index (χ1) is 24.1. The number of hydrogen-bond acceptors (Lipinski definition) is 11. The Morgan fingerprint density at radius 3 is 2.21 bits per heavy atom. The molecule has 0 aromatic heterocycles. The predicted molar refractivity (Wildman–Crippen MR) is 198 cm³/mol. The molecule has 18 atom stereocenters. The van der Waals surface area contributed by atoms with E-state index in [0.29, 0.717) is 38.5 Å². The molecule has 52 heavy (non-hydrogen) atoms. The molecule has 4 heterocycles. The molecule has 4 saturated heterocycles. The molecule has 0 saturated carbocycles. The molecule has 4 aliphatic rings. The summed E-state index contributed by atoms with van der Waals surface area (Å²) in [5, 5.41) is 38.8. The third kappa shape index (κ3) is 9.19. The molecule has 0 aromatic carbocycles. The summed E-state index contributed by atoms with van der Waals surface area (Å²) in [7, 11) is 3.71. The van der Waals surface area contributed by atoms with Gasteiger partial charge in [0.15, 0.2) is 12.6 Å². The second-order valence-corrected chi connectivity index (χ2v) is 18.1. The number of carbonyl (C=O) groups excluding carboxylic acids is 1. The van der Waals surface area contributed by atoms with Gasteiger partial charge in [0.25, 0.3) is 0 Å². The highest BCUT2D eigenvalue weighted by atomic mass is 16.7. The zero-order chi connectivity index (χ0) is 39.1. The van der Waals surface area contributed by atoms with Crippen molar-refractivity contribution in [3.63, 3.8) is 0 Å². The van der Waals surface area contributed by atoms with Crippen LogP contribution in [0.25, 0.3) is 0 Å². The van der Waals surface area contributed by atoms with Gasteiger partial charge in [-0.05, 0) is 80.7 Å². The molecular formula is C40H74N2O10. The topological polar surface area (TPSA) is 148 Å². The van der Waals surface area contributed by atoms with E-state index in [-0.39, 0.29) is 36.1 Å². The number of nitrogens with zero attached hydrogens (tertiary/aromatic N) is 1. The molecule has 4 N–H and O–H groups in total. The summed E-state index contributed by atoms with van der Waals surface area (Å²) in [4.78, 5) is 16.6. The Labute approximate surface area is 313 Å². The van der Waals surface area contributed by atoms with E-state index in [9.17, 15) is 20.1 Å². The minimum atomic E-state index is -1.64. The van der Waals surface area contributed by atoms with Crippen molar-refractivity contribution in [3.05, 3.63) is 0 Å². The van der Waals surface area contributed by atoms with E-state index in [0.717, 1.165) is 0 Å². The second kappa shape index (κ2) is 17.1. The van der Waals surface area contributed by atoms with Gasteiger partial charge in [0.2, 0.25) is 5.91 Å². The SMILES string of the molecule is CCC[C@H]1NC(=O)[C@H](C)[C@@H](OC2CC(C)(OC)CC(C)O2)[C@H](C)[C@@H](OC2OC(C)CC(N(C)C(C)C)C2O)[C@]2(C)C[C@@H](C)[C@@H](O2)[C@H](C)[C@@H](O)[C@]1(C)O. The Kier molecular flexibility index (Phi) is 14.4. The minimum Gasteiger partial charge on any atom is -0.390 e. The van der Waals surface area contributed by atoms with Gasteiger partial charge in [0.1, 0.15) is 11.7 Å². The highest BCUT2D eigenvalue weighted by Crippen LogP contribution is 2.47. The van der Waals surface area contributed by atoms with E-state index in [1.807, 2.05) is 62.4 Å². The molecule has 4 fully saturated rings. The maximum absolute atomic E-state index is 14.4. The van der Waals surface area contributed by atoms with E-state index in [2.05, 4.69) is 31.0 Å². The molecule has 7 unspecified atom stereocenters. The van der Waals surface area contributed by atoms with Gasteiger partial charge in [-0.1, -0.05) is 41.0 Å². The standard InChI is InChI=1S/C40H74N2O10/c1-15-16-29-40(12,46)34(44)25(7)32-22(4)18-39(11,52-32)35(51-37-31(43)28(17-23(5)49-37)42(13)21(2)3)26(8)33(27(9)36(45)41-29)50-30-20-38(10,47-14)19-24(6)48-30/h21-35,37,43-44,46H,15-20H2,1-14H3,(H,41,45)/t22-,23?,24?,25+,26+,27-,28?,29-,30?,31?,32-,33+,34-,35-,37?,38?,39+,40-/m1/s1. The van der Waals surface area contributed by atoms with Crippen molar-refractivity contribution >= 4 is 5.91 Å². The summed E-state index contributed by atoms with van der Waals surface area (Å²) in [5.74, 6) is -2.02. The first kappa shape index (κ1) is 43.8. The minimum absolute atomic E-state index is 0.0106. The van der Waals surface area contributed by atoms with Gasteiger partial charge in [-0.25, -0.2) is 0 Å². The van der Waals surface area contributed by atoms with E-state index in [4.69, 9.17) is 28.4 Å². The van der Waals surface area contributed by atoms with E-state index in [1.165, 1.54) is 0 Å². The van der Waals surface area contributed by atoms with Crippen LogP contribution in [0, 0.1) is 23.7 Å². The van der Waals surface area contributed by atoms with E-state index >= 15 is 0 Å². The summed E-state index contributed by atoms with van der Waals surface area (Å²) >= 11 is 0. The van der Waals surface area contributed by atoms with Gasteiger partial charge in [0.05, 0.1) is 59.8 Å². The lowest BCUT2D eigenvalue weighted by molar-refractivity contribution is -0.312. The van der Waals surface area contributed by atoms with E-state index < -0.39 is 83.7 Å². The summed E-state index contributed by atoms with van der Waals surface area (Å²) in [6, 6.07) is -0.723. The molecule has 0 radical (unpaired) electrons. The van der Waals surface area contributed by atoms with Crippen LogP contribution in [0.1, 0.15) is 122 Å². The van der Waals surface area contributed by atoms with Crippen LogP contribution in [-0.4, -0.2) is 131 Å². The molecule has 0 aliphatic carbocycles. The van der Waals surface area contributed by atoms with Gasteiger partial charge in [0, 0.05) is 43.9 Å². The van der Waals surface area contributed by atoms with Crippen LogP contribution in [0.3, 0.4) is 0 Å². The van der Waals surface area contributed by atoms with Crippen molar-refractivity contribution in [3.8, 4) is 0 Å². The molecule has 304 valence electrons. The molecule has 0 aromatic rings. The summed E-state index contributed by atoms with van der Waals surface area (Å²) < 4.78 is 39.7. The van der Waals surface area contributed by atoms with Crippen molar-refractivity contribution in [2.45, 2.75) is 212 Å². The number of methoxy groups -OCH3 is 1. The highest BCUT2D eigenvalue weighted by Gasteiger charge is 2.57. The lowest BCUT2D eigenvalue weighted by atomic mass is 9.75. The van der Waals surface area contributed by atoms with E-state index in [1.54, 1.807) is 14.0 Å². The smallest absolute Gasteiger partial charge is 0.225 e. The van der Waals surface area contributed by atoms with Gasteiger partial charge < -0.3 is 49.1 Å². The van der Waals surface area contributed by atoms with Crippen LogP contribution < -0.4 is 5.32 Å². The van der Waals surface area contributed by atoms with Gasteiger partial charge in [-0.2, -0.15) is 0 Å². The van der Waals surface area contributed by atoms with Crippen LogP contribution in [0.4, 0.5) is 0 Å². The maximum Gasteiger partial charge on any atom is 0.225 e. The fourth-order valence-electron chi connectivity index (χ4n) is 9.80. The molecule has 4 aliphatic heterocycles. The van der Waals surface area contributed by atoms with Crippen LogP contribution in [0.5, 0.6) is 0 Å². The number of ether oxygens (including phenoxy) is 6. The molecule has 12 heteroatoms. The van der Waals surface area contributed by atoms with Gasteiger partial charge in [-0.3, -0.25) is 9.69 Å². The monoisotopic (exact) mass is 743 g/mol. The number of hydrogen-bond donors (Lipinski definition) is 4. The Balaban J connectivity index is 1.84. The molecule has 2 bridgehead atoms. The van der Waals surface area contributed by atoms with Gasteiger partial charge in [-0.15, -0.1) is 0 Å². The highest BCUT2D eigenvalue weighted by molar-refractivity contribution is 5.79. The largest absolute Gasteiger partial charge is 0.390 e. The first-order valence-corrected chi connectivity index (χ1v) is 20.0. The zero-order valence-electron chi connectivity index (χ0n) is 34.6. The van der Waals surface area contributed by atoms with Crippen LogP contribution in [0.15, 0.2) is 0 Å². The predicted octanol–water partition coefficient (Wildman–Crippen LogP) is 4.39. The Hall–Kier alpha value is -0.930. The number of rotatable bonds is 9. The molecule has 4 rings (SSSR count). The lowest BCUT2D eigenvalue weighted by Gasteiger charge is -2.48. The third-order valence-electron chi connectivity index (χ3n) is 13.1. The third-order valence-corrected chi connectivity index (χ3v) is 13.1. The lowest BCUT2D eigenvalue weighted by Crippen LogP contribution is -2.61. The summed E-state index contributed by atoms with van der Waals surface area (Å²) in [6.07, 6.45) is -2.47. The number of carbonyl (C=O) groups is 1. The maximum atomic E-state index is 14.4. The molecule has 1 amide bonds.